The van der Waals surface area contributed by atoms with E-state index in [1.165, 1.54) is 11.8 Å². The van der Waals surface area contributed by atoms with E-state index in [1.807, 2.05) is 36.4 Å². The standard InChI is InChI=1S/C13H11NOS2/c1-2-8-14-12(15)11(17-13(14)16)9-10-6-4-3-5-7-10/h2-7,9H,1,8H2. The first-order chi connectivity index (χ1) is 8.22. The van der Waals surface area contributed by atoms with Crippen molar-refractivity contribution in [1.29, 1.82) is 0 Å². The topological polar surface area (TPSA) is 20.3 Å². The fourth-order valence-corrected chi connectivity index (χ4v) is 2.76. The minimum absolute atomic E-state index is 0.0382. The van der Waals surface area contributed by atoms with Gasteiger partial charge >= 0.3 is 0 Å². The third-order valence-electron chi connectivity index (χ3n) is 2.28. The molecule has 1 fully saturated rings. The molecule has 1 aromatic carbocycles. The lowest BCUT2D eigenvalue weighted by Gasteiger charge is -2.10. The van der Waals surface area contributed by atoms with Gasteiger partial charge in [-0.05, 0) is 11.6 Å². The molecule has 0 aliphatic carbocycles. The Hall–Kier alpha value is -1.39. The molecule has 86 valence electrons. The predicted molar refractivity (Wildman–Crippen MR) is 76.5 cm³/mol. The summed E-state index contributed by atoms with van der Waals surface area (Å²) in [7, 11) is 0. The zero-order valence-electron chi connectivity index (χ0n) is 9.13. The van der Waals surface area contributed by atoms with Gasteiger partial charge in [-0.1, -0.05) is 60.4 Å². The van der Waals surface area contributed by atoms with Gasteiger partial charge in [0.05, 0.1) is 4.91 Å². The van der Waals surface area contributed by atoms with Gasteiger partial charge in [0.1, 0.15) is 4.32 Å². The highest BCUT2D eigenvalue weighted by Gasteiger charge is 2.30. The van der Waals surface area contributed by atoms with E-state index in [-0.39, 0.29) is 5.91 Å². The number of hydrogen-bond acceptors (Lipinski definition) is 3. The van der Waals surface area contributed by atoms with Crippen molar-refractivity contribution < 1.29 is 4.79 Å². The molecule has 17 heavy (non-hydrogen) atoms. The fraction of sp³-hybridized carbons (Fsp3) is 0.0769. The number of thiocarbonyl (C=S) groups is 1. The van der Waals surface area contributed by atoms with Crippen LogP contribution in [0.5, 0.6) is 0 Å². The molecule has 0 bridgehead atoms. The average molecular weight is 261 g/mol. The van der Waals surface area contributed by atoms with Crippen molar-refractivity contribution in [2.75, 3.05) is 6.54 Å². The highest BCUT2D eigenvalue weighted by Crippen LogP contribution is 2.32. The quantitative estimate of drug-likeness (QED) is 0.474. The van der Waals surface area contributed by atoms with Gasteiger partial charge in [-0.3, -0.25) is 9.69 Å². The van der Waals surface area contributed by atoms with Gasteiger partial charge < -0.3 is 0 Å². The first-order valence-electron chi connectivity index (χ1n) is 5.13. The Morgan fingerprint density at radius 1 is 1.35 bits per heavy atom. The SMILES string of the molecule is C=CCN1C(=O)C(=Cc2ccccc2)SC1=S. The number of carbonyl (C=O) groups is 1. The Bertz CT molecular complexity index is 493. The summed E-state index contributed by atoms with van der Waals surface area (Å²) in [5, 5.41) is 0. The smallest absolute Gasteiger partial charge is 0.266 e. The minimum Gasteiger partial charge on any atom is -0.289 e. The van der Waals surface area contributed by atoms with Crippen LogP contribution in [-0.2, 0) is 4.79 Å². The van der Waals surface area contributed by atoms with Crippen LogP contribution in [0.25, 0.3) is 6.08 Å². The van der Waals surface area contributed by atoms with E-state index in [1.54, 1.807) is 11.0 Å². The normalized spacial score (nSPS) is 17.9. The molecule has 1 heterocycles. The number of hydrogen-bond donors (Lipinski definition) is 0. The molecule has 0 saturated carbocycles. The second-order valence-corrected chi connectivity index (χ2v) is 5.17. The predicted octanol–water partition coefficient (Wildman–Crippen LogP) is 3.07. The van der Waals surface area contributed by atoms with Gasteiger partial charge in [0, 0.05) is 6.54 Å². The van der Waals surface area contributed by atoms with Gasteiger partial charge in [0.25, 0.3) is 5.91 Å². The summed E-state index contributed by atoms with van der Waals surface area (Å²) in [5.41, 5.74) is 1.01. The number of nitrogens with zero attached hydrogens (tertiary/aromatic N) is 1. The molecule has 0 N–H and O–H groups in total. The molecular formula is C13H11NOS2. The molecule has 1 aliphatic rings. The third kappa shape index (κ3) is 2.65. The summed E-state index contributed by atoms with van der Waals surface area (Å²) in [6.45, 7) is 4.09. The van der Waals surface area contributed by atoms with Crippen molar-refractivity contribution in [3.8, 4) is 0 Å². The van der Waals surface area contributed by atoms with E-state index in [0.29, 0.717) is 15.8 Å². The van der Waals surface area contributed by atoms with Crippen LogP contribution < -0.4 is 0 Å². The average Bonchev–Trinajstić information content (AvgIpc) is 2.59. The summed E-state index contributed by atoms with van der Waals surface area (Å²) >= 11 is 6.49. The van der Waals surface area contributed by atoms with Crippen LogP contribution in [-0.4, -0.2) is 21.7 Å². The lowest BCUT2D eigenvalue weighted by molar-refractivity contribution is -0.121. The van der Waals surface area contributed by atoms with Crippen molar-refractivity contribution >= 4 is 40.3 Å². The van der Waals surface area contributed by atoms with Crippen LogP contribution >= 0.6 is 24.0 Å². The van der Waals surface area contributed by atoms with Gasteiger partial charge in [-0.2, -0.15) is 0 Å². The first kappa shape index (κ1) is 12.1. The molecule has 1 aromatic rings. The van der Waals surface area contributed by atoms with Crippen LogP contribution in [0.15, 0.2) is 47.9 Å². The van der Waals surface area contributed by atoms with E-state index in [2.05, 4.69) is 6.58 Å². The Labute approximate surface area is 110 Å². The van der Waals surface area contributed by atoms with Gasteiger partial charge in [0.2, 0.25) is 0 Å². The second-order valence-electron chi connectivity index (χ2n) is 3.49. The second kappa shape index (κ2) is 5.29. The number of carbonyl (C=O) groups excluding carboxylic acids is 1. The Balaban J connectivity index is 2.25. The highest BCUT2D eigenvalue weighted by atomic mass is 32.2. The van der Waals surface area contributed by atoms with E-state index in [0.717, 1.165) is 5.56 Å². The number of amides is 1. The number of thioether (sulfide) groups is 1. The highest BCUT2D eigenvalue weighted by molar-refractivity contribution is 8.26. The maximum absolute atomic E-state index is 12.0. The summed E-state index contributed by atoms with van der Waals surface area (Å²) in [6.07, 6.45) is 3.54. The molecule has 0 aromatic heterocycles. The summed E-state index contributed by atoms with van der Waals surface area (Å²) in [5.74, 6) is -0.0382. The van der Waals surface area contributed by atoms with Crippen molar-refractivity contribution in [2.45, 2.75) is 0 Å². The lowest BCUT2D eigenvalue weighted by Crippen LogP contribution is -2.27. The number of benzene rings is 1. The van der Waals surface area contributed by atoms with E-state index < -0.39 is 0 Å². The molecule has 0 radical (unpaired) electrons. The molecule has 2 nitrogen and oxygen atoms in total. The van der Waals surface area contributed by atoms with E-state index in [4.69, 9.17) is 12.2 Å². The monoisotopic (exact) mass is 261 g/mol. The fourth-order valence-electron chi connectivity index (χ4n) is 1.49. The van der Waals surface area contributed by atoms with Crippen molar-refractivity contribution in [3.63, 3.8) is 0 Å². The van der Waals surface area contributed by atoms with Crippen LogP contribution in [0.3, 0.4) is 0 Å². The maximum Gasteiger partial charge on any atom is 0.266 e. The molecule has 4 heteroatoms. The lowest BCUT2D eigenvalue weighted by atomic mass is 10.2. The Kier molecular flexibility index (Phi) is 3.76. The molecule has 0 unspecified atom stereocenters. The van der Waals surface area contributed by atoms with Crippen LogP contribution in [0.2, 0.25) is 0 Å². The zero-order valence-corrected chi connectivity index (χ0v) is 10.8. The first-order valence-corrected chi connectivity index (χ1v) is 6.36. The minimum atomic E-state index is -0.0382. The number of rotatable bonds is 3. The largest absolute Gasteiger partial charge is 0.289 e. The molecule has 1 aliphatic heterocycles. The van der Waals surface area contributed by atoms with Crippen molar-refractivity contribution in [2.24, 2.45) is 0 Å². The van der Waals surface area contributed by atoms with Crippen molar-refractivity contribution in [3.05, 3.63) is 53.5 Å². The molecule has 0 spiro atoms. The summed E-state index contributed by atoms with van der Waals surface area (Å²) in [6, 6.07) is 9.74. The van der Waals surface area contributed by atoms with Crippen LogP contribution in [0.1, 0.15) is 5.56 Å². The summed E-state index contributed by atoms with van der Waals surface area (Å²) < 4.78 is 0.595. The Morgan fingerprint density at radius 3 is 2.71 bits per heavy atom. The Morgan fingerprint density at radius 2 is 2.06 bits per heavy atom. The van der Waals surface area contributed by atoms with Gasteiger partial charge in [0.15, 0.2) is 0 Å². The maximum atomic E-state index is 12.0. The molecule has 1 saturated heterocycles. The zero-order chi connectivity index (χ0) is 12.3. The summed E-state index contributed by atoms with van der Waals surface area (Å²) in [4.78, 5) is 14.2. The molecule has 2 rings (SSSR count). The van der Waals surface area contributed by atoms with Gasteiger partial charge in [-0.15, -0.1) is 6.58 Å². The molecular weight excluding hydrogens is 250 g/mol. The van der Waals surface area contributed by atoms with Crippen LogP contribution in [0.4, 0.5) is 0 Å². The van der Waals surface area contributed by atoms with Gasteiger partial charge in [-0.25, -0.2) is 0 Å². The molecule has 0 atom stereocenters. The third-order valence-corrected chi connectivity index (χ3v) is 3.66. The molecule has 1 amide bonds. The van der Waals surface area contributed by atoms with Crippen molar-refractivity contribution in [1.82, 2.24) is 4.90 Å². The van der Waals surface area contributed by atoms with E-state index in [9.17, 15) is 4.79 Å². The van der Waals surface area contributed by atoms with E-state index >= 15 is 0 Å². The van der Waals surface area contributed by atoms with Crippen LogP contribution in [0, 0.1) is 0 Å².